The first kappa shape index (κ1) is 11.7. The number of aliphatic hydroxyl groups is 1. The molecular formula is C10H17N3O2. The summed E-state index contributed by atoms with van der Waals surface area (Å²) in [5, 5.41) is 11.6. The van der Waals surface area contributed by atoms with Gasteiger partial charge in [0.25, 0.3) is 0 Å². The van der Waals surface area contributed by atoms with Crippen LogP contribution in [0, 0.1) is 6.92 Å². The van der Waals surface area contributed by atoms with Crippen LogP contribution >= 0.6 is 0 Å². The standard InChI is InChI=1S/C10H17N3O2/c1-3-11-10-12-8(2)7-9(13-10)15-6-4-5-14/h7,14H,3-6H2,1-2H3,(H,11,12,13). The Balaban J connectivity index is 2.62. The number of ether oxygens (including phenoxy) is 1. The molecule has 0 aliphatic heterocycles. The molecule has 0 saturated heterocycles. The summed E-state index contributed by atoms with van der Waals surface area (Å²) in [7, 11) is 0. The molecule has 5 nitrogen and oxygen atoms in total. The van der Waals surface area contributed by atoms with Gasteiger partial charge in [0.05, 0.1) is 6.61 Å². The Morgan fingerprint density at radius 2 is 2.27 bits per heavy atom. The van der Waals surface area contributed by atoms with Crippen LogP contribution in [0.2, 0.25) is 0 Å². The molecule has 1 aromatic rings. The van der Waals surface area contributed by atoms with Crippen molar-refractivity contribution in [3.8, 4) is 5.88 Å². The fourth-order valence-electron chi connectivity index (χ4n) is 1.09. The fourth-order valence-corrected chi connectivity index (χ4v) is 1.09. The monoisotopic (exact) mass is 211 g/mol. The molecule has 2 N–H and O–H groups in total. The maximum absolute atomic E-state index is 8.61. The molecule has 0 atom stereocenters. The van der Waals surface area contributed by atoms with Crippen LogP contribution in [0.1, 0.15) is 19.0 Å². The summed E-state index contributed by atoms with van der Waals surface area (Å²) < 4.78 is 5.36. The predicted molar refractivity (Wildman–Crippen MR) is 58.1 cm³/mol. The molecular weight excluding hydrogens is 194 g/mol. The van der Waals surface area contributed by atoms with Crippen LogP contribution in [0.3, 0.4) is 0 Å². The minimum absolute atomic E-state index is 0.129. The third-order valence-corrected chi connectivity index (χ3v) is 1.72. The Labute approximate surface area is 89.5 Å². The summed E-state index contributed by atoms with van der Waals surface area (Å²) in [5.74, 6) is 1.13. The zero-order valence-electron chi connectivity index (χ0n) is 9.16. The average molecular weight is 211 g/mol. The predicted octanol–water partition coefficient (Wildman–Crippen LogP) is 0.978. The highest BCUT2D eigenvalue weighted by atomic mass is 16.5. The van der Waals surface area contributed by atoms with Crippen molar-refractivity contribution in [2.45, 2.75) is 20.3 Å². The van der Waals surface area contributed by atoms with E-state index in [1.807, 2.05) is 13.8 Å². The van der Waals surface area contributed by atoms with E-state index in [1.165, 1.54) is 0 Å². The number of aromatic nitrogens is 2. The normalized spacial score (nSPS) is 10.1. The van der Waals surface area contributed by atoms with Crippen LogP contribution in [-0.2, 0) is 0 Å². The van der Waals surface area contributed by atoms with Gasteiger partial charge in [-0.05, 0) is 13.8 Å². The first-order chi connectivity index (χ1) is 7.26. The molecule has 0 amide bonds. The highest BCUT2D eigenvalue weighted by Crippen LogP contribution is 2.11. The average Bonchev–Trinajstić information content (AvgIpc) is 2.18. The number of nitrogens with one attached hydrogen (secondary N) is 1. The van der Waals surface area contributed by atoms with E-state index in [9.17, 15) is 0 Å². The van der Waals surface area contributed by atoms with Crippen LogP contribution < -0.4 is 10.1 Å². The Morgan fingerprint density at radius 1 is 1.47 bits per heavy atom. The number of hydrogen-bond acceptors (Lipinski definition) is 5. The van der Waals surface area contributed by atoms with E-state index in [-0.39, 0.29) is 6.61 Å². The lowest BCUT2D eigenvalue weighted by molar-refractivity contribution is 0.229. The van der Waals surface area contributed by atoms with Crippen LogP contribution in [0.15, 0.2) is 6.07 Å². The van der Waals surface area contributed by atoms with Gasteiger partial charge in [0.2, 0.25) is 11.8 Å². The Bertz CT molecular complexity index is 305. The SMILES string of the molecule is CCNc1nc(C)cc(OCCCO)n1. The summed E-state index contributed by atoms with van der Waals surface area (Å²) in [6.45, 7) is 5.25. The zero-order chi connectivity index (χ0) is 11.1. The second-order valence-electron chi connectivity index (χ2n) is 3.13. The van der Waals surface area contributed by atoms with Crippen molar-refractivity contribution in [1.82, 2.24) is 9.97 Å². The number of anilines is 1. The van der Waals surface area contributed by atoms with Gasteiger partial charge in [-0.3, -0.25) is 0 Å². The summed E-state index contributed by atoms with van der Waals surface area (Å²) >= 11 is 0. The van der Waals surface area contributed by atoms with E-state index in [4.69, 9.17) is 9.84 Å². The molecule has 1 aromatic heterocycles. The molecule has 0 aromatic carbocycles. The maximum Gasteiger partial charge on any atom is 0.226 e. The molecule has 0 aliphatic carbocycles. The molecule has 15 heavy (non-hydrogen) atoms. The van der Waals surface area contributed by atoms with Crippen molar-refractivity contribution in [2.24, 2.45) is 0 Å². The summed E-state index contributed by atoms with van der Waals surface area (Å²) in [6, 6.07) is 1.78. The van der Waals surface area contributed by atoms with Crippen LogP contribution in [-0.4, -0.2) is 34.8 Å². The third kappa shape index (κ3) is 4.12. The van der Waals surface area contributed by atoms with Crippen LogP contribution in [0.25, 0.3) is 0 Å². The lowest BCUT2D eigenvalue weighted by Gasteiger charge is -2.07. The van der Waals surface area contributed by atoms with Crippen molar-refractivity contribution in [3.05, 3.63) is 11.8 Å². The molecule has 5 heteroatoms. The van der Waals surface area contributed by atoms with Crippen molar-refractivity contribution >= 4 is 5.95 Å². The Morgan fingerprint density at radius 3 is 2.93 bits per heavy atom. The first-order valence-corrected chi connectivity index (χ1v) is 5.09. The van der Waals surface area contributed by atoms with Gasteiger partial charge in [0.15, 0.2) is 0 Å². The van der Waals surface area contributed by atoms with Crippen molar-refractivity contribution < 1.29 is 9.84 Å². The molecule has 0 spiro atoms. The van der Waals surface area contributed by atoms with E-state index < -0.39 is 0 Å². The van der Waals surface area contributed by atoms with Gasteiger partial charge in [-0.2, -0.15) is 4.98 Å². The van der Waals surface area contributed by atoms with Gasteiger partial charge in [0, 0.05) is 31.3 Å². The first-order valence-electron chi connectivity index (χ1n) is 5.09. The highest BCUT2D eigenvalue weighted by molar-refractivity contribution is 5.30. The van der Waals surface area contributed by atoms with Gasteiger partial charge >= 0.3 is 0 Å². The molecule has 1 heterocycles. The summed E-state index contributed by atoms with van der Waals surface area (Å²) in [6.07, 6.45) is 0.611. The van der Waals surface area contributed by atoms with Crippen LogP contribution in [0.5, 0.6) is 5.88 Å². The largest absolute Gasteiger partial charge is 0.477 e. The van der Waals surface area contributed by atoms with E-state index in [0.717, 1.165) is 12.2 Å². The molecule has 0 fully saturated rings. The molecule has 1 rings (SSSR count). The molecule has 0 saturated carbocycles. The van der Waals surface area contributed by atoms with Crippen molar-refractivity contribution in [3.63, 3.8) is 0 Å². The lowest BCUT2D eigenvalue weighted by Crippen LogP contribution is -2.06. The van der Waals surface area contributed by atoms with Gasteiger partial charge in [-0.1, -0.05) is 0 Å². The molecule has 0 radical (unpaired) electrons. The minimum Gasteiger partial charge on any atom is -0.477 e. The Kier molecular flexibility index (Phi) is 4.83. The second kappa shape index (κ2) is 6.19. The zero-order valence-corrected chi connectivity index (χ0v) is 9.16. The number of aryl methyl sites for hydroxylation is 1. The second-order valence-corrected chi connectivity index (χ2v) is 3.13. The topological polar surface area (TPSA) is 67.3 Å². The number of nitrogens with zero attached hydrogens (tertiary/aromatic N) is 2. The number of aliphatic hydroxyl groups excluding tert-OH is 1. The van der Waals surface area contributed by atoms with Gasteiger partial charge in [-0.15, -0.1) is 0 Å². The van der Waals surface area contributed by atoms with Crippen LogP contribution in [0.4, 0.5) is 5.95 Å². The highest BCUT2D eigenvalue weighted by Gasteiger charge is 2.01. The fraction of sp³-hybridized carbons (Fsp3) is 0.600. The maximum atomic E-state index is 8.61. The van der Waals surface area contributed by atoms with E-state index in [0.29, 0.717) is 24.9 Å². The smallest absolute Gasteiger partial charge is 0.226 e. The van der Waals surface area contributed by atoms with Gasteiger partial charge < -0.3 is 15.2 Å². The van der Waals surface area contributed by atoms with E-state index >= 15 is 0 Å². The van der Waals surface area contributed by atoms with E-state index in [2.05, 4.69) is 15.3 Å². The van der Waals surface area contributed by atoms with Gasteiger partial charge in [0.1, 0.15) is 0 Å². The molecule has 0 bridgehead atoms. The molecule has 0 aliphatic rings. The lowest BCUT2D eigenvalue weighted by atomic mass is 10.4. The molecule has 84 valence electrons. The molecule has 0 unspecified atom stereocenters. The van der Waals surface area contributed by atoms with E-state index in [1.54, 1.807) is 6.07 Å². The number of hydrogen-bond donors (Lipinski definition) is 2. The number of rotatable bonds is 6. The quantitative estimate of drug-likeness (QED) is 0.686. The third-order valence-electron chi connectivity index (χ3n) is 1.72. The Hall–Kier alpha value is -1.36. The van der Waals surface area contributed by atoms with Gasteiger partial charge in [-0.25, -0.2) is 4.98 Å². The summed E-state index contributed by atoms with van der Waals surface area (Å²) in [5.41, 5.74) is 0.861. The summed E-state index contributed by atoms with van der Waals surface area (Å²) in [4.78, 5) is 8.37. The minimum atomic E-state index is 0.129. The van der Waals surface area contributed by atoms with Crippen molar-refractivity contribution in [2.75, 3.05) is 25.1 Å². The van der Waals surface area contributed by atoms with Crippen molar-refractivity contribution in [1.29, 1.82) is 0 Å².